The molecule has 1 fully saturated rings. The summed E-state index contributed by atoms with van der Waals surface area (Å²) < 4.78 is 5.42. The van der Waals surface area contributed by atoms with E-state index < -0.39 is 0 Å². The Labute approximate surface area is 127 Å². The fourth-order valence-corrected chi connectivity index (χ4v) is 2.71. The molecule has 0 aliphatic heterocycles. The molecule has 2 N–H and O–H groups in total. The van der Waals surface area contributed by atoms with Gasteiger partial charge in [0.1, 0.15) is 0 Å². The third kappa shape index (κ3) is 4.44. The number of aromatic nitrogens is 3. The first-order chi connectivity index (χ1) is 10.1. The lowest BCUT2D eigenvalue weighted by atomic mass is 9.79. The molecule has 1 aliphatic carbocycles. The van der Waals surface area contributed by atoms with Gasteiger partial charge < -0.3 is 15.4 Å². The van der Waals surface area contributed by atoms with Crippen LogP contribution in [0.15, 0.2) is 0 Å². The van der Waals surface area contributed by atoms with Crippen molar-refractivity contribution in [2.24, 2.45) is 11.8 Å². The molecule has 6 nitrogen and oxygen atoms in total. The summed E-state index contributed by atoms with van der Waals surface area (Å²) in [5.74, 6) is 2.71. The molecule has 1 aromatic heterocycles. The first-order valence-corrected chi connectivity index (χ1v) is 8.01. The molecular weight excluding hydrogens is 266 g/mol. The van der Waals surface area contributed by atoms with E-state index in [1.165, 1.54) is 6.42 Å². The minimum Gasteiger partial charge on any atom is -0.464 e. The van der Waals surface area contributed by atoms with E-state index in [-0.39, 0.29) is 0 Å². The van der Waals surface area contributed by atoms with E-state index in [0.29, 0.717) is 30.6 Å². The quantitative estimate of drug-likeness (QED) is 0.840. The van der Waals surface area contributed by atoms with Gasteiger partial charge in [0.25, 0.3) is 0 Å². The van der Waals surface area contributed by atoms with Crippen LogP contribution in [-0.4, -0.2) is 34.1 Å². The van der Waals surface area contributed by atoms with Crippen LogP contribution in [0, 0.1) is 11.8 Å². The van der Waals surface area contributed by atoms with Gasteiger partial charge in [0.2, 0.25) is 11.9 Å². The van der Waals surface area contributed by atoms with Crippen LogP contribution in [0.4, 0.5) is 11.9 Å². The Morgan fingerprint density at radius 2 is 1.81 bits per heavy atom. The summed E-state index contributed by atoms with van der Waals surface area (Å²) >= 11 is 0. The van der Waals surface area contributed by atoms with Gasteiger partial charge in [-0.1, -0.05) is 13.8 Å². The van der Waals surface area contributed by atoms with E-state index in [2.05, 4.69) is 39.4 Å². The van der Waals surface area contributed by atoms with Crippen LogP contribution in [0.3, 0.4) is 0 Å². The maximum atomic E-state index is 5.42. The third-order valence-corrected chi connectivity index (χ3v) is 4.15. The number of hydrogen-bond acceptors (Lipinski definition) is 6. The predicted octanol–water partition coefficient (Wildman–Crippen LogP) is 2.94. The Hall–Kier alpha value is -1.59. The van der Waals surface area contributed by atoms with Crippen LogP contribution in [0.2, 0.25) is 0 Å². The minimum atomic E-state index is 0.378. The van der Waals surface area contributed by atoms with E-state index in [4.69, 9.17) is 4.74 Å². The molecule has 118 valence electrons. The summed E-state index contributed by atoms with van der Waals surface area (Å²) in [6, 6.07) is 0.811. The number of anilines is 2. The summed E-state index contributed by atoms with van der Waals surface area (Å²) in [7, 11) is 0. The molecule has 2 rings (SSSR count). The van der Waals surface area contributed by atoms with Gasteiger partial charge in [0.15, 0.2) is 0 Å². The molecule has 0 saturated heterocycles. The number of ether oxygens (including phenoxy) is 1. The van der Waals surface area contributed by atoms with E-state index in [9.17, 15) is 0 Å². The minimum absolute atomic E-state index is 0.378. The molecule has 1 aliphatic rings. The van der Waals surface area contributed by atoms with E-state index in [0.717, 1.165) is 31.2 Å². The Morgan fingerprint density at radius 1 is 1.05 bits per heavy atom. The molecule has 3 atom stereocenters. The predicted molar refractivity (Wildman–Crippen MR) is 84.7 cm³/mol. The SMILES string of the molecule is CCNc1nc(NC2CCC(C)C(C)C2)nc(OCC)n1. The van der Waals surface area contributed by atoms with Gasteiger partial charge in [-0.05, 0) is 44.9 Å². The zero-order valence-electron chi connectivity index (χ0n) is 13.5. The van der Waals surface area contributed by atoms with E-state index >= 15 is 0 Å². The van der Waals surface area contributed by atoms with Gasteiger partial charge in [-0.2, -0.15) is 15.0 Å². The van der Waals surface area contributed by atoms with Gasteiger partial charge in [0, 0.05) is 12.6 Å². The highest BCUT2D eigenvalue weighted by atomic mass is 16.5. The second-order valence-electron chi connectivity index (χ2n) is 5.84. The number of nitrogens with one attached hydrogen (secondary N) is 2. The highest BCUT2D eigenvalue weighted by Crippen LogP contribution is 2.30. The van der Waals surface area contributed by atoms with Crippen molar-refractivity contribution in [1.29, 1.82) is 0 Å². The summed E-state index contributed by atoms with van der Waals surface area (Å²) in [5, 5.41) is 6.56. The number of hydrogen-bond donors (Lipinski definition) is 2. The third-order valence-electron chi connectivity index (χ3n) is 4.15. The highest BCUT2D eigenvalue weighted by Gasteiger charge is 2.25. The number of rotatable bonds is 6. The van der Waals surface area contributed by atoms with Crippen LogP contribution < -0.4 is 15.4 Å². The van der Waals surface area contributed by atoms with Crippen molar-refractivity contribution >= 4 is 11.9 Å². The standard InChI is InChI=1S/C15H27N5O/c1-5-16-13-18-14(20-15(19-13)21-6-2)17-12-8-7-10(3)11(4)9-12/h10-12H,5-9H2,1-4H3,(H2,16,17,18,19,20). The van der Waals surface area contributed by atoms with Crippen molar-refractivity contribution in [3.05, 3.63) is 0 Å². The second kappa shape index (κ2) is 7.43. The van der Waals surface area contributed by atoms with Crippen molar-refractivity contribution in [1.82, 2.24) is 15.0 Å². The molecule has 0 spiro atoms. The summed E-state index contributed by atoms with van der Waals surface area (Å²) in [5.41, 5.74) is 0. The average Bonchev–Trinajstić information content (AvgIpc) is 2.43. The lowest BCUT2D eigenvalue weighted by Crippen LogP contribution is -2.31. The Bertz CT molecular complexity index is 429. The lowest BCUT2D eigenvalue weighted by molar-refractivity contribution is 0.260. The fraction of sp³-hybridized carbons (Fsp3) is 0.800. The van der Waals surface area contributed by atoms with Crippen LogP contribution in [0.25, 0.3) is 0 Å². The van der Waals surface area contributed by atoms with Gasteiger partial charge in [-0.15, -0.1) is 0 Å². The van der Waals surface area contributed by atoms with Crippen LogP contribution in [0.5, 0.6) is 6.01 Å². The number of nitrogens with zero attached hydrogens (tertiary/aromatic N) is 3. The molecule has 1 heterocycles. The molecule has 0 amide bonds. The molecule has 3 unspecified atom stereocenters. The Balaban J connectivity index is 2.07. The van der Waals surface area contributed by atoms with Gasteiger partial charge in [0.05, 0.1) is 6.61 Å². The molecule has 0 radical (unpaired) electrons. The largest absolute Gasteiger partial charge is 0.464 e. The van der Waals surface area contributed by atoms with Crippen LogP contribution >= 0.6 is 0 Å². The topological polar surface area (TPSA) is 72.0 Å². The van der Waals surface area contributed by atoms with Gasteiger partial charge in [-0.3, -0.25) is 0 Å². The highest BCUT2D eigenvalue weighted by molar-refractivity contribution is 5.36. The van der Waals surface area contributed by atoms with Gasteiger partial charge in [-0.25, -0.2) is 0 Å². The monoisotopic (exact) mass is 293 g/mol. The van der Waals surface area contributed by atoms with Crippen molar-refractivity contribution < 1.29 is 4.74 Å². The zero-order chi connectivity index (χ0) is 15.2. The first kappa shape index (κ1) is 15.8. The van der Waals surface area contributed by atoms with Crippen molar-refractivity contribution in [2.75, 3.05) is 23.8 Å². The summed E-state index contributed by atoms with van der Waals surface area (Å²) in [6.45, 7) is 9.91. The second-order valence-corrected chi connectivity index (χ2v) is 5.84. The van der Waals surface area contributed by atoms with E-state index in [1.807, 2.05) is 13.8 Å². The van der Waals surface area contributed by atoms with Gasteiger partial charge >= 0.3 is 6.01 Å². The molecule has 0 aromatic carbocycles. The normalized spacial score (nSPS) is 25.4. The van der Waals surface area contributed by atoms with Crippen molar-refractivity contribution in [3.63, 3.8) is 0 Å². The van der Waals surface area contributed by atoms with Crippen molar-refractivity contribution in [2.45, 2.75) is 53.0 Å². The van der Waals surface area contributed by atoms with Crippen LogP contribution in [-0.2, 0) is 0 Å². The van der Waals surface area contributed by atoms with Crippen molar-refractivity contribution in [3.8, 4) is 6.01 Å². The van der Waals surface area contributed by atoms with E-state index in [1.54, 1.807) is 0 Å². The molecule has 1 saturated carbocycles. The first-order valence-electron chi connectivity index (χ1n) is 8.01. The molecule has 0 bridgehead atoms. The molecule has 21 heavy (non-hydrogen) atoms. The Kier molecular flexibility index (Phi) is 5.59. The smallest absolute Gasteiger partial charge is 0.323 e. The van der Waals surface area contributed by atoms with Crippen LogP contribution in [0.1, 0.15) is 47.0 Å². The summed E-state index contributed by atoms with van der Waals surface area (Å²) in [4.78, 5) is 13.0. The zero-order valence-corrected chi connectivity index (χ0v) is 13.5. The average molecular weight is 293 g/mol. The molecule has 6 heteroatoms. The maximum Gasteiger partial charge on any atom is 0.323 e. The Morgan fingerprint density at radius 3 is 2.48 bits per heavy atom. The maximum absolute atomic E-state index is 5.42. The molecule has 1 aromatic rings. The summed E-state index contributed by atoms with van der Waals surface area (Å²) in [6.07, 6.45) is 3.58. The molecular formula is C15H27N5O. The fourth-order valence-electron chi connectivity index (χ4n) is 2.71. The lowest BCUT2D eigenvalue weighted by Gasteiger charge is -2.32.